The summed E-state index contributed by atoms with van der Waals surface area (Å²) in [5.74, 6) is -0.689. The maximum Gasteiger partial charge on any atom is 0.321 e. The first-order valence-corrected chi connectivity index (χ1v) is 4.31. The SMILES string of the molecule is CNC(Cc1ccc(O)cc1)C(=O)O.O. The lowest BCUT2D eigenvalue weighted by Gasteiger charge is -2.10. The van der Waals surface area contributed by atoms with Crippen molar-refractivity contribution in [3.63, 3.8) is 0 Å². The van der Waals surface area contributed by atoms with Gasteiger partial charge in [0.1, 0.15) is 11.8 Å². The molecule has 0 aliphatic carbocycles. The van der Waals surface area contributed by atoms with Crippen molar-refractivity contribution in [2.45, 2.75) is 12.5 Å². The van der Waals surface area contributed by atoms with Gasteiger partial charge in [0.25, 0.3) is 0 Å². The van der Waals surface area contributed by atoms with Crippen molar-refractivity contribution < 1.29 is 20.5 Å². The molecule has 0 aromatic heterocycles. The van der Waals surface area contributed by atoms with Crippen molar-refractivity contribution in [3.05, 3.63) is 29.8 Å². The highest BCUT2D eigenvalue weighted by molar-refractivity contribution is 5.73. The summed E-state index contributed by atoms with van der Waals surface area (Å²) in [4.78, 5) is 10.7. The summed E-state index contributed by atoms with van der Waals surface area (Å²) in [7, 11) is 1.61. The van der Waals surface area contributed by atoms with Gasteiger partial charge in [0.15, 0.2) is 0 Å². The van der Waals surface area contributed by atoms with E-state index in [-0.39, 0.29) is 11.2 Å². The van der Waals surface area contributed by atoms with Crippen LogP contribution in [-0.4, -0.2) is 34.7 Å². The van der Waals surface area contributed by atoms with E-state index >= 15 is 0 Å². The second-order valence-corrected chi connectivity index (χ2v) is 3.05. The molecule has 84 valence electrons. The third-order valence-corrected chi connectivity index (χ3v) is 2.02. The molecule has 0 aliphatic rings. The zero-order valence-corrected chi connectivity index (χ0v) is 8.40. The maximum atomic E-state index is 10.7. The van der Waals surface area contributed by atoms with Crippen LogP contribution in [0.3, 0.4) is 0 Å². The van der Waals surface area contributed by atoms with Crippen LogP contribution in [0.5, 0.6) is 5.75 Å². The van der Waals surface area contributed by atoms with Gasteiger partial charge in [-0.25, -0.2) is 0 Å². The van der Waals surface area contributed by atoms with E-state index in [0.717, 1.165) is 5.56 Å². The molecule has 0 saturated heterocycles. The minimum atomic E-state index is -0.874. The summed E-state index contributed by atoms with van der Waals surface area (Å²) in [6, 6.07) is 5.93. The third kappa shape index (κ3) is 3.97. The first kappa shape index (κ1) is 13.4. The Morgan fingerprint density at radius 2 is 1.93 bits per heavy atom. The number of carboxylic acid groups (broad SMARTS) is 1. The molecular formula is C10H15NO4. The first-order chi connectivity index (χ1) is 6.63. The predicted octanol–water partition coefficient (Wildman–Crippen LogP) is -0.217. The number of carbonyl (C=O) groups is 1. The fourth-order valence-electron chi connectivity index (χ4n) is 1.18. The van der Waals surface area contributed by atoms with Crippen LogP contribution < -0.4 is 5.32 Å². The normalized spacial score (nSPS) is 11.5. The van der Waals surface area contributed by atoms with Gasteiger partial charge in [-0.15, -0.1) is 0 Å². The minimum Gasteiger partial charge on any atom is -0.508 e. The Labute approximate surface area is 87.7 Å². The summed E-state index contributed by atoms with van der Waals surface area (Å²) in [5, 5.41) is 20.5. The van der Waals surface area contributed by atoms with Crippen molar-refractivity contribution >= 4 is 5.97 Å². The van der Waals surface area contributed by atoms with Crippen LogP contribution in [0.1, 0.15) is 5.56 Å². The molecule has 0 spiro atoms. The van der Waals surface area contributed by atoms with Crippen LogP contribution in [-0.2, 0) is 11.2 Å². The van der Waals surface area contributed by atoms with Gasteiger partial charge in [-0.1, -0.05) is 12.1 Å². The molecule has 15 heavy (non-hydrogen) atoms. The molecule has 5 heteroatoms. The van der Waals surface area contributed by atoms with Crippen molar-refractivity contribution in [3.8, 4) is 5.75 Å². The van der Waals surface area contributed by atoms with Crippen LogP contribution in [0.4, 0.5) is 0 Å². The Morgan fingerprint density at radius 3 is 2.33 bits per heavy atom. The van der Waals surface area contributed by atoms with Crippen LogP contribution in [0.2, 0.25) is 0 Å². The molecule has 1 aromatic carbocycles. The molecule has 0 fully saturated rings. The molecule has 0 amide bonds. The number of hydrogen-bond acceptors (Lipinski definition) is 3. The predicted molar refractivity (Wildman–Crippen MR) is 55.9 cm³/mol. The van der Waals surface area contributed by atoms with Gasteiger partial charge in [0.05, 0.1) is 0 Å². The molecular weight excluding hydrogens is 198 g/mol. The molecule has 0 aliphatic heterocycles. The second kappa shape index (κ2) is 6.00. The summed E-state index contributed by atoms with van der Waals surface area (Å²) < 4.78 is 0. The topological polar surface area (TPSA) is 101 Å². The van der Waals surface area contributed by atoms with Gasteiger partial charge in [0, 0.05) is 0 Å². The molecule has 0 radical (unpaired) electrons. The van der Waals surface area contributed by atoms with Crippen molar-refractivity contribution in [2.75, 3.05) is 7.05 Å². The Bertz CT molecular complexity index is 310. The molecule has 1 unspecified atom stereocenters. The third-order valence-electron chi connectivity index (χ3n) is 2.02. The molecule has 0 bridgehead atoms. The summed E-state index contributed by atoms with van der Waals surface area (Å²) in [5.41, 5.74) is 0.879. The molecule has 1 atom stereocenters. The van der Waals surface area contributed by atoms with E-state index in [9.17, 15) is 4.79 Å². The molecule has 0 saturated carbocycles. The fraction of sp³-hybridized carbons (Fsp3) is 0.300. The van der Waals surface area contributed by atoms with Gasteiger partial charge in [-0.3, -0.25) is 4.79 Å². The zero-order chi connectivity index (χ0) is 10.6. The number of phenols is 1. The Balaban J connectivity index is 0.00000196. The number of benzene rings is 1. The van der Waals surface area contributed by atoms with Crippen LogP contribution >= 0.6 is 0 Å². The van der Waals surface area contributed by atoms with Crippen LogP contribution in [0.25, 0.3) is 0 Å². The fourth-order valence-corrected chi connectivity index (χ4v) is 1.18. The quantitative estimate of drug-likeness (QED) is 0.643. The zero-order valence-electron chi connectivity index (χ0n) is 8.40. The second-order valence-electron chi connectivity index (χ2n) is 3.05. The van der Waals surface area contributed by atoms with E-state index in [1.165, 1.54) is 0 Å². The number of likely N-dealkylation sites (N-methyl/N-ethyl adjacent to an activating group) is 1. The van der Waals surface area contributed by atoms with E-state index in [1.807, 2.05) is 0 Å². The Hall–Kier alpha value is -1.59. The highest BCUT2D eigenvalue weighted by Gasteiger charge is 2.14. The Morgan fingerprint density at radius 1 is 1.40 bits per heavy atom. The molecule has 5 nitrogen and oxygen atoms in total. The van der Waals surface area contributed by atoms with E-state index in [4.69, 9.17) is 10.2 Å². The highest BCUT2D eigenvalue weighted by Crippen LogP contribution is 2.11. The monoisotopic (exact) mass is 213 g/mol. The van der Waals surface area contributed by atoms with E-state index < -0.39 is 12.0 Å². The maximum absolute atomic E-state index is 10.7. The smallest absolute Gasteiger partial charge is 0.321 e. The van der Waals surface area contributed by atoms with Gasteiger partial charge in [0.2, 0.25) is 0 Å². The van der Waals surface area contributed by atoms with E-state index in [1.54, 1.807) is 31.3 Å². The van der Waals surface area contributed by atoms with E-state index in [0.29, 0.717) is 6.42 Å². The number of phenolic OH excluding ortho intramolecular Hbond substituents is 1. The number of rotatable bonds is 4. The average Bonchev–Trinajstić information content (AvgIpc) is 2.16. The number of carboxylic acids is 1. The van der Waals surface area contributed by atoms with Gasteiger partial charge in [-0.05, 0) is 31.2 Å². The average molecular weight is 213 g/mol. The van der Waals surface area contributed by atoms with Crippen molar-refractivity contribution in [1.82, 2.24) is 5.32 Å². The highest BCUT2D eigenvalue weighted by atomic mass is 16.4. The Kier molecular flexibility index (Phi) is 5.36. The first-order valence-electron chi connectivity index (χ1n) is 4.31. The van der Waals surface area contributed by atoms with Gasteiger partial charge < -0.3 is 21.0 Å². The lowest BCUT2D eigenvalue weighted by molar-refractivity contribution is -0.139. The molecule has 5 N–H and O–H groups in total. The number of aliphatic carboxylic acids is 1. The molecule has 0 heterocycles. The lowest BCUT2D eigenvalue weighted by atomic mass is 10.1. The summed E-state index contributed by atoms with van der Waals surface area (Å²) >= 11 is 0. The van der Waals surface area contributed by atoms with Gasteiger partial charge >= 0.3 is 5.97 Å². The lowest BCUT2D eigenvalue weighted by Crippen LogP contribution is -2.35. The van der Waals surface area contributed by atoms with E-state index in [2.05, 4.69) is 5.32 Å². The number of hydrogen-bond donors (Lipinski definition) is 3. The minimum absolute atomic E-state index is 0. The largest absolute Gasteiger partial charge is 0.508 e. The van der Waals surface area contributed by atoms with Gasteiger partial charge in [-0.2, -0.15) is 0 Å². The van der Waals surface area contributed by atoms with Crippen LogP contribution in [0.15, 0.2) is 24.3 Å². The molecule has 1 aromatic rings. The summed E-state index contributed by atoms with van der Waals surface area (Å²) in [6.07, 6.45) is 0.409. The van der Waals surface area contributed by atoms with Crippen LogP contribution in [0, 0.1) is 0 Å². The van der Waals surface area contributed by atoms with Crippen molar-refractivity contribution in [1.29, 1.82) is 0 Å². The standard InChI is InChI=1S/C10H13NO3.H2O/c1-11-9(10(13)14)6-7-2-4-8(12)5-3-7;/h2-5,9,11-12H,6H2,1H3,(H,13,14);1H2. The van der Waals surface area contributed by atoms with Crippen molar-refractivity contribution in [2.24, 2.45) is 0 Å². The molecule has 1 rings (SSSR count). The number of aromatic hydroxyl groups is 1. The number of nitrogens with one attached hydrogen (secondary N) is 1. The summed E-state index contributed by atoms with van der Waals surface area (Å²) in [6.45, 7) is 0.